The molecule has 0 amide bonds. The summed E-state index contributed by atoms with van der Waals surface area (Å²) < 4.78 is 0. The molecule has 0 aromatic carbocycles. The third kappa shape index (κ3) is 1.25. The van der Waals surface area contributed by atoms with Crippen LogP contribution in [0.2, 0.25) is 0 Å². The van der Waals surface area contributed by atoms with E-state index in [1.807, 2.05) is 0 Å². The molecule has 0 radical (unpaired) electrons. The van der Waals surface area contributed by atoms with Gasteiger partial charge in [-0.25, -0.2) is 0 Å². The van der Waals surface area contributed by atoms with E-state index >= 15 is 0 Å². The van der Waals surface area contributed by atoms with Gasteiger partial charge in [0.05, 0.1) is 0 Å². The molecule has 1 heteroatoms. The van der Waals surface area contributed by atoms with E-state index in [4.69, 9.17) is 0 Å². The normalized spacial score (nSPS) is 39.9. The van der Waals surface area contributed by atoms with E-state index in [2.05, 4.69) is 36.7 Å². The molecule has 60 valence electrons. The molecule has 1 fully saturated rings. The second-order valence-corrected chi connectivity index (χ2v) is 4.72. The number of rotatable bonds is 2. The van der Waals surface area contributed by atoms with Gasteiger partial charge in [0.1, 0.15) is 0 Å². The lowest BCUT2D eigenvalue weighted by Crippen LogP contribution is -2.41. The van der Waals surface area contributed by atoms with Crippen LogP contribution >= 0.6 is 15.9 Å². The lowest BCUT2D eigenvalue weighted by Gasteiger charge is -2.49. The summed E-state index contributed by atoms with van der Waals surface area (Å²) in [6, 6.07) is 0. The molecule has 0 nitrogen and oxygen atoms in total. The maximum absolute atomic E-state index is 3.61. The molecule has 0 N–H and O–H groups in total. The summed E-state index contributed by atoms with van der Waals surface area (Å²) in [5.41, 5.74) is 0.652. The molecular weight excluding hydrogens is 188 g/mol. The lowest BCUT2D eigenvalue weighted by molar-refractivity contribution is 0.0424. The van der Waals surface area contributed by atoms with E-state index < -0.39 is 0 Å². The van der Waals surface area contributed by atoms with Crippen LogP contribution in [-0.4, -0.2) is 5.33 Å². The van der Waals surface area contributed by atoms with E-state index in [-0.39, 0.29) is 0 Å². The highest BCUT2D eigenvalue weighted by molar-refractivity contribution is 9.09. The van der Waals surface area contributed by atoms with Crippen LogP contribution < -0.4 is 0 Å². The summed E-state index contributed by atoms with van der Waals surface area (Å²) in [5, 5.41) is 1.20. The molecule has 1 aliphatic rings. The second-order valence-electron chi connectivity index (χ2n) is 4.16. The van der Waals surface area contributed by atoms with Crippen molar-refractivity contribution in [2.75, 3.05) is 5.33 Å². The van der Waals surface area contributed by atoms with Crippen LogP contribution in [0.5, 0.6) is 0 Å². The summed E-state index contributed by atoms with van der Waals surface area (Å²) in [5.74, 6) is 1.82. The SMILES string of the molecule is CC1CC(CBr)(C(C)C)C1. The fraction of sp³-hybridized carbons (Fsp3) is 1.00. The zero-order valence-corrected chi connectivity index (χ0v) is 8.74. The molecule has 0 aromatic heterocycles. The molecule has 0 unspecified atom stereocenters. The highest BCUT2D eigenvalue weighted by atomic mass is 79.9. The molecule has 10 heavy (non-hydrogen) atoms. The number of halogens is 1. The van der Waals surface area contributed by atoms with Crippen LogP contribution in [0.4, 0.5) is 0 Å². The first-order valence-corrected chi connectivity index (χ1v) is 5.29. The lowest BCUT2D eigenvalue weighted by atomic mass is 9.58. The Kier molecular flexibility index (Phi) is 2.44. The largest absolute Gasteiger partial charge is 0.0922 e. The standard InChI is InChI=1S/C9H17Br/c1-7(2)9(6-10)4-8(3)5-9/h7-8H,4-6H2,1-3H3. The fourth-order valence-electron chi connectivity index (χ4n) is 2.06. The Morgan fingerprint density at radius 3 is 2.10 bits per heavy atom. The van der Waals surface area contributed by atoms with Gasteiger partial charge in [0.25, 0.3) is 0 Å². The molecule has 0 bridgehead atoms. The van der Waals surface area contributed by atoms with Crippen molar-refractivity contribution < 1.29 is 0 Å². The Morgan fingerprint density at radius 2 is 2.00 bits per heavy atom. The van der Waals surface area contributed by atoms with Crippen molar-refractivity contribution in [1.82, 2.24) is 0 Å². The third-order valence-corrected chi connectivity index (χ3v) is 4.12. The van der Waals surface area contributed by atoms with E-state index in [9.17, 15) is 0 Å². The summed E-state index contributed by atoms with van der Waals surface area (Å²) in [7, 11) is 0. The minimum Gasteiger partial charge on any atom is -0.0922 e. The molecule has 0 saturated heterocycles. The van der Waals surface area contributed by atoms with Crippen LogP contribution in [0.25, 0.3) is 0 Å². The van der Waals surface area contributed by atoms with Crippen LogP contribution in [-0.2, 0) is 0 Å². The molecule has 1 aliphatic carbocycles. The predicted octanol–water partition coefficient (Wildman–Crippen LogP) is 3.45. The summed E-state index contributed by atoms with van der Waals surface area (Å²) in [6.07, 6.45) is 2.85. The van der Waals surface area contributed by atoms with Gasteiger partial charge in [-0.1, -0.05) is 36.7 Å². The molecule has 1 rings (SSSR count). The van der Waals surface area contributed by atoms with Crippen molar-refractivity contribution in [1.29, 1.82) is 0 Å². The van der Waals surface area contributed by atoms with E-state index in [0.717, 1.165) is 11.8 Å². The Bertz CT molecular complexity index is 112. The highest BCUT2D eigenvalue weighted by Gasteiger charge is 2.43. The average Bonchev–Trinajstić information content (AvgIpc) is 1.79. The summed E-state index contributed by atoms with van der Waals surface area (Å²) in [6.45, 7) is 7.03. The van der Waals surface area contributed by atoms with Crippen molar-refractivity contribution in [2.45, 2.75) is 33.6 Å². The molecular formula is C9H17Br. The first-order chi connectivity index (χ1) is 4.60. The predicted molar refractivity (Wildman–Crippen MR) is 49.5 cm³/mol. The van der Waals surface area contributed by atoms with Crippen molar-refractivity contribution in [2.24, 2.45) is 17.3 Å². The Hall–Kier alpha value is 0.480. The maximum Gasteiger partial charge on any atom is 0.00906 e. The third-order valence-electron chi connectivity index (χ3n) is 3.00. The van der Waals surface area contributed by atoms with Crippen molar-refractivity contribution in [3.05, 3.63) is 0 Å². The van der Waals surface area contributed by atoms with Gasteiger partial charge >= 0.3 is 0 Å². The van der Waals surface area contributed by atoms with Gasteiger partial charge in [-0.05, 0) is 30.1 Å². The molecule has 0 heterocycles. The fourth-order valence-corrected chi connectivity index (χ4v) is 3.17. The zero-order chi connectivity index (χ0) is 7.78. The quantitative estimate of drug-likeness (QED) is 0.605. The second kappa shape index (κ2) is 2.84. The average molecular weight is 205 g/mol. The van der Waals surface area contributed by atoms with Crippen LogP contribution in [0, 0.1) is 17.3 Å². The first-order valence-electron chi connectivity index (χ1n) is 4.17. The van der Waals surface area contributed by atoms with Crippen LogP contribution in [0.1, 0.15) is 33.6 Å². The summed E-state index contributed by atoms with van der Waals surface area (Å²) >= 11 is 3.61. The van der Waals surface area contributed by atoms with Gasteiger partial charge in [0.15, 0.2) is 0 Å². The van der Waals surface area contributed by atoms with E-state index in [1.165, 1.54) is 18.2 Å². The molecule has 1 saturated carbocycles. The maximum atomic E-state index is 3.61. The minimum absolute atomic E-state index is 0.652. The van der Waals surface area contributed by atoms with Gasteiger partial charge in [-0.15, -0.1) is 0 Å². The zero-order valence-electron chi connectivity index (χ0n) is 7.15. The van der Waals surface area contributed by atoms with Gasteiger partial charge in [-0.3, -0.25) is 0 Å². The number of alkyl halides is 1. The van der Waals surface area contributed by atoms with Crippen LogP contribution in [0.3, 0.4) is 0 Å². The number of hydrogen-bond acceptors (Lipinski definition) is 0. The molecule has 0 aliphatic heterocycles. The van der Waals surface area contributed by atoms with Crippen LogP contribution in [0.15, 0.2) is 0 Å². The molecule has 0 atom stereocenters. The Morgan fingerprint density at radius 1 is 1.50 bits per heavy atom. The molecule has 0 spiro atoms. The van der Waals surface area contributed by atoms with Gasteiger partial charge in [0.2, 0.25) is 0 Å². The molecule has 0 aromatic rings. The first kappa shape index (κ1) is 8.58. The smallest absolute Gasteiger partial charge is 0.00906 e. The summed E-state index contributed by atoms with van der Waals surface area (Å²) in [4.78, 5) is 0. The monoisotopic (exact) mass is 204 g/mol. The van der Waals surface area contributed by atoms with E-state index in [1.54, 1.807) is 0 Å². The van der Waals surface area contributed by atoms with Gasteiger partial charge < -0.3 is 0 Å². The van der Waals surface area contributed by atoms with Gasteiger partial charge in [-0.2, -0.15) is 0 Å². The van der Waals surface area contributed by atoms with E-state index in [0.29, 0.717) is 5.41 Å². The number of hydrogen-bond donors (Lipinski definition) is 0. The Balaban J connectivity index is 2.48. The van der Waals surface area contributed by atoms with Crippen molar-refractivity contribution >= 4 is 15.9 Å². The highest BCUT2D eigenvalue weighted by Crippen LogP contribution is 2.51. The Labute approximate surface area is 72.5 Å². The van der Waals surface area contributed by atoms with Crippen molar-refractivity contribution in [3.8, 4) is 0 Å². The topological polar surface area (TPSA) is 0 Å². The van der Waals surface area contributed by atoms with Crippen molar-refractivity contribution in [3.63, 3.8) is 0 Å². The minimum atomic E-state index is 0.652. The van der Waals surface area contributed by atoms with Gasteiger partial charge in [0, 0.05) is 5.33 Å².